The van der Waals surface area contributed by atoms with Crippen LogP contribution in [0.1, 0.15) is 25.6 Å². The minimum absolute atomic E-state index is 0.144. The number of nitrogen functional groups attached to an aromatic ring is 1. The first-order valence-electron chi connectivity index (χ1n) is 8.47. The zero-order valence-corrected chi connectivity index (χ0v) is 15.9. The largest absolute Gasteiger partial charge is 0.494 e. The fraction of sp³-hybridized carbons (Fsp3) is 0.278. The summed E-state index contributed by atoms with van der Waals surface area (Å²) >= 11 is 1.22. The van der Waals surface area contributed by atoms with E-state index in [9.17, 15) is 4.79 Å². The fourth-order valence-corrected chi connectivity index (χ4v) is 3.13. The number of furan rings is 1. The lowest BCUT2D eigenvalue weighted by molar-refractivity contribution is -0.119. The van der Waals surface area contributed by atoms with Gasteiger partial charge in [-0.15, -0.1) is 10.2 Å². The van der Waals surface area contributed by atoms with Crippen LogP contribution in [0.25, 0.3) is 11.4 Å². The maximum atomic E-state index is 12.1. The summed E-state index contributed by atoms with van der Waals surface area (Å²) in [6.45, 7) is 4.39. The lowest BCUT2D eigenvalue weighted by Crippen LogP contribution is -2.28. The second kappa shape index (κ2) is 8.63. The van der Waals surface area contributed by atoms with Gasteiger partial charge < -0.3 is 20.3 Å². The maximum absolute atomic E-state index is 12.1. The van der Waals surface area contributed by atoms with Crippen LogP contribution in [0.4, 0.5) is 0 Å². The van der Waals surface area contributed by atoms with Gasteiger partial charge in [0.05, 0.1) is 24.7 Å². The number of nitrogens with two attached hydrogens (primary N) is 1. The molecular formula is C18H21N5O3S. The predicted molar refractivity (Wildman–Crippen MR) is 103 cm³/mol. The van der Waals surface area contributed by atoms with Crippen molar-refractivity contribution in [1.82, 2.24) is 20.2 Å². The third kappa shape index (κ3) is 4.62. The molecule has 0 radical (unpaired) electrons. The van der Waals surface area contributed by atoms with Crippen LogP contribution in [0.15, 0.2) is 52.2 Å². The molecule has 1 amide bonds. The van der Waals surface area contributed by atoms with E-state index < -0.39 is 0 Å². The van der Waals surface area contributed by atoms with Crippen molar-refractivity contribution in [2.45, 2.75) is 25.0 Å². The van der Waals surface area contributed by atoms with Crippen molar-refractivity contribution in [2.75, 3.05) is 18.2 Å². The van der Waals surface area contributed by atoms with Gasteiger partial charge in [0.1, 0.15) is 11.5 Å². The molecule has 9 heteroatoms. The zero-order chi connectivity index (χ0) is 19.2. The molecule has 3 N–H and O–H groups in total. The van der Waals surface area contributed by atoms with Gasteiger partial charge in [-0.25, -0.2) is 4.68 Å². The van der Waals surface area contributed by atoms with E-state index in [4.69, 9.17) is 15.0 Å². The Morgan fingerprint density at radius 2 is 2.11 bits per heavy atom. The Bertz CT molecular complexity index is 877. The summed E-state index contributed by atoms with van der Waals surface area (Å²) in [7, 11) is 0. The molecule has 27 heavy (non-hydrogen) atoms. The first kappa shape index (κ1) is 18.8. The van der Waals surface area contributed by atoms with Crippen LogP contribution in [0, 0.1) is 0 Å². The van der Waals surface area contributed by atoms with Gasteiger partial charge in [0, 0.05) is 5.56 Å². The van der Waals surface area contributed by atoms with E-state index in [1.165, 1.54) is 16.4 Å². The topological polar surface area (TPSA) is 108 Å². The molecule has 0 fully saturated rings. The summed E-state index contributed by atoms with van der Waals surface area (Å²) in [5.41, 5.74) is 0.816. The number of thioether (sulfide) groups is 1. The Hall–Kier alpha value is -2.94. The number of benzene rings is 1. The van der Waals surface area contributed by atoms with Crippen LogP contribution in [-0.2, 0) is 4.79 Å². The minimum Gasteiger partial charge on any atom is -0.494 e. The molecule has 0 aliphatic carbocycles. The molecule has 1 aromatic carbocycles. The predicted octanol–water partition coefficient (Wildman–Crippen LogP) is 2.62. The fourth-order valence-electron chi connectivity index (χ4n) is 2.46. The zero-order valence-electron chi connectivity index (χ0n) is 15.1. The van der Waals surface area contributed by atoms with Crippen molar-refractivity contribution in [2.24, 2.45) is 0 Å². The van der Waals surface area contributed by atoms with Crippen LogP contribution in [0.3, 0.4) is 0 Å². The second-order valence-electron chi connectivity index (χ2n) is 5.73. The lowest BCUT2D eigenvalue weighted by Gasteiger charge is -2.11. The molecule has 0 unspecified atom stereocenters. The first-order chi connectivity index (χ1) is 13.1. The second-order valence-corrected chi connectivity index (χ2v) is 6.67. The number of amides is 1. The molecule has 0 saturated carbocycles. The summed E-state index contributed by atoms with van der Waals surface area (Å²) in [5, 5.41) is 11.5. The average molecular weight is 387 g/mol. The van der Waals surface area contributed by atoms with Crippen molar-refractivity contribution < 1.29 is 13.9 Å². The molecule has 0 aliphatic heterocycles. The number of carbonyl (C=O) groups is 1. The number of hydrogen-bond donors (Lipinski definition) is 2. The molecule has 2 aromatic heterocycles. The summed E-state index contributed by atoms with van der Waals surface area (Å²) in [4.78, 5) is 12.1. The van der Waals surface area contributed by atoms with Crippen molar-refractivity contribution in [3.8, 4) is 17.1 Å². The van der Waals surface area contributed by atoms with Gasteiger partial charge in [-0.2, -0.15) is 0 Å². The summed E-state index contributed by atoms with van der Waals surface area (Å²) in [6.07, 6.45) is 1.58. The van der Waals surface area contributed by atoms with Gasteiger partial charge in [-0.1, -0.05) is 11.8 Å². The van der Waals surface area contributed by atoms with Crippen LogP contribution in [0.2, 0.25) is 0 Å². The van der Waals surface area contributed by atoms with Gasteiger partial charge in [0.15, 0.2) is 5.82 Å². The smallest absolute Gasteiger partial charge is 0.231 e. The summed E-state index contributed by atoms with van der Waals surface area (Å²) in [6, 6.07) is 10.8. The highest BCUT2D eigenvalue weighted by Gasteiger charge is 2.16. The number of hydrogen-bond acceptors (Lipinski definition) is 7. The Morgan fingerprint density at radius 1 is 1.33 bits per heavy atom. The Balaban J connectivity index is 1.59. The van der Waals surface area contributed by atoms with Gasteiger partial charge in [0.2, 0.25) is 11.1 Å². The number of rotatable bonds is 8. The summed E-state index contributed by atoms with van der Waals surface area (Å²) < 4.78 is 12.1. The molecule has 0 spiro atoms. The highest BCUT2D eigenvalue weighted by molar-refractivity contribution is 7.99. The van der Waals surface area contributed by atoms with Crippen molar-refractivity contribution >= 4 is 17.7 Å². The third-order valence-corrected chi connectivity index (χ3v) is 4.71. The maximum Gasteiger partial charge on any atom is 0.231 e. The Morgan fingerprint density at radius 3 is 2.78 bits per heavy atom. The molecule has 3 rings (SSSR count). The van der Waals surface area contributed by atoms with Gasteiger partial charge >= 0.3 is 0 Å². The van der Waals surface area contributed by atoms with E-state index in [2.05, 4.69) is 15.5 Å². The molecule has 0 bridgehead atoms. The molecule has 2 heterocycles. The van der Waals surface area contributed by atoms with Crippen molar-refractivity contribution in [3.63, 3.8) is 0 Å². The lowest BCUT2D eigenvalue weighted by atomic mass is 10.2. The average Bonchev–Trinajstić information content (AvgIpc) is 3.31. The van der Waals surface area contributed by atoms with E-state index in [1.807, 2.05) is 44.2 Å². The number of nitrogens with zero attached hydrogens (tertiary/aromatic N) is 3. The van der Waals surface area contributed by atoms with E-state index in [1.54, 1.807) is 12.3 Å². The molecule has 0 saturated heterocycles. The van der Waals surface area contributed by atoms with E-state index in [0.29, 0.717) is 23.3 Å². The monoisotopic (exact) mass is 387 g/mol. The van der Waals surface area contributed by atoms with E-state index in [0.717, 1.165) is 11.3 Å². The summed E-state index contributed by atoms with van der Waals surface area (Å²) in [5.74, 6) is 8.12. The van der Waals surface area contributed by atoms with Crippen molar-refractivity contribution in [3.05, 3.63) is 48.4 Å². The number of carbonyl (C=O) groups excluding carboxylic acids is 1. The van der Waals surface area contributed by atoms with E-state index >= 15 is 0 Å². The van der Waals surface area contributed by atoms with Crippen LogP contribution in [0.5, 0.6) is 5.75 Å². The quantitative estimate of drug-likeness (QED) is 0.452. The molecule has 142 valence electrons. The van der Waals surface area contributed by atoms with Crippen molar-refractivity contribution in [1.29, 1.82) is 0 Å². The Kier molecular flexibility index (Phi) is 6.02. The highest BCUT2D eigenvalue weighted by atomic mass is 32.2. The SMILES string of the molecule is CCOc1ccc(-c2nnc(SCC(=O)N[C@H](C)c3ccco3)n2N)cc1. The number of ether oxygens (including phenoxy) is 1. The van der Waals surface area contributed by atoms with Crippen LogP contribution in [-0.4, -0.2) is 33.1 Å². The van der Waals surface area contributed by atoms with Gasteiger partial charge in [-0.3, -0.25) is 4.79 Å². The molecule has 8 nitrogen and oxygen atoms in total. The standard InChI is InChI=1S/C18H21N5O3S/c1-3-25-14-8-6-13(7-9-14)17-21-22-18(23(17)19)27-11-16(24)20-12(2)15-5-4-10-26-15/h4-10,12H,3,11,19H2,1-2H3,(H,20,24)/t12-/m1/s1. The molecule has 3 aromatic rings. The van der Waals surface area contributed by atoms with Gasteiger partial charge in [0.25, 0.3) is 0 Å². The van der Waals surface area contributed by atoms with Crippen LogP contribution < -0.4 is 15.9 Å². The Labute approximate surface area is 161 Å². The highest BCUT2D eigenvalue weighted by Crippen LogP contribution is 2.23. The molecule has 1 atom stereocenters. The molecule has 0 aliphatic rings. The first-order valence-corrected chi connectivity index (χ1v) is 9.46. The van der Waals surface area contributed by atoms with Gasteiger partial charge in [-0.05, 0) is 50.2 Å². The third-order valence-electron chi connectivity index (χ3n) is 3.77. The normalized spacial score (nSPS) is 11.9. The number of aromatic nitrogens is 3. The minimum atomic E-state index is -0.205. The van der Waals surface area contributed by atoms with E-state index in [-0.39, 0.29) is 17.7 Å². The molecular weight excluding hydrogens is 366 g/mol. The van der Waals surface area contributed by atoms with Crippen LogP contribution >= 0.6 is 11.8 Å². The number of nitrogens with one attached hydrogen (secondary N) is 1.